The maximum absolute atomic E-state index is 12.7. The minimum absolute atomic E-state index is 0.130. The van der Waals surface area contributed by atoms with Crippen molar-refractivity contribution in [3.05, 3.63) is 40.6 Å². The molecule has 0 spiro atoms. The van der Waals surface area contributed by atoms with Crippen LogP contribution in [0, 0.1) is 0 Å². The van der Waals surface area contributed by atoms with E-state index >= 15 is 0 Å². The highest BCUT2D eigenvalue weighted by Gasteiger charge is 2.28. The molecule has 0 bridgehead atoms. The van der Waals surface area contributed by atoms with E-state index in [0.29, 0.717) is 11.7 Å². The second kappa shape index (κ2) is 6.43. The van der Waals surface area contributed by atoms with Gasteiger partial charge in [0.15, 0.2) is 0 Å². The Bertz CT molecular complexity index is 590. The Kier molecular flexibility index (Phi) is 4.39. The highest BCUT2D eigenvalue weighted by molar-refractivity contribution is 7.09. The van der Waals surface area contributed by atoms with Crippen LogP contribution in [0.25, 0.3) is 0 Å². The number of likely N-dealkylation sites (tertiary alicyclic amines) is 1. The fourth-order valence-electron chi connectivity index (χ4n) is 3.04. The van der Waals surface area contributed by atoms with Crippen molar-refractivity contribution in [1.29, 1.82) is 0 Å². The molecule has 1 unspecified atom stereocenters. The molecule has 0 aromatic carbocycles. The van der Waals surface area contributed by atoms with Crippen LogP contribution in [-0.4, -0.2) is 32.9 Å². The van der Waals surface area contributed by atoms with Crippen molar-refractivity contribution in [1.82, 2.24) is 14.5 Å². The zero-order valence-corrected chi connectivity index (χ0v) is 13.2. The summed E-state index contributed by atoms with van der Waals surface area (Å²) in [4.78, 5) is 20.3. The smallest absolute Gasteiger partial charge is 0.272 e. The zero-order valence-electron chi connectivity index (χ0n) is 12.4. The molecule has 0 aliphatic carbocycles. The lowest BCUT2D eigenvalue weighted by Crippen LogP contribution is -2.44. The van der Waals surface area contributed by atoms with E-state index < -0.39 is 0 Å². The van der Waals surface area contributed by atoms with E-state index in [9.17, 15) is 4.79 Å². The molecule has 3 rings (SSSR count). The van der Waals surface area contributed by atoms with Crippen LogP contribution in [-0.2, 0) is 13.5 Å². The Morgan fingerprint density at radius 3 is 3.10 bits per heavy atom. The van der Waals surface area contributed by atoms with Crippen molar-refractivity contribution in [3.8, 4) is 0 Å². The fraction of sp³-hybridized carbons (Fsp3) is 0.500. The number of nitrogens with zero attached hydrogens (tertiary/aromatic N) is 3. The summed E-state index contributed by atoms with van der Waals surface area (Å²) in [6, 6.07) is 4.64. The van der Waals surface area contributed by atoms with Crippen molar-refractivity contribution in [2.24, 2.45) is 7.05 Å². The monoisotopic (exact) mass is 303 g/mol. The van der Waals surface area contributed by atoms with Crippen LogP contribution >= 0.6 is 11.3 Å². The molecule has 4 nitrogen and oxygen atoms in total. The Labute approximate surface area is 129 Å². The van der Waals surface area contributed by atoms with E-state index in [1.54, 1.807) is 23.9 Å². The number of thiophene rings is 1. The molecular formula is C16H21N3OS. The third-order valence-corrected chi connectivity index (χ3v) is 5.16. The van der Waals surface area contributed by atoms with Gasteiger partial charge in [0.05, 0.1) is 12.5 Å². The predicted molar refractivity (Wildman–Crippen MR) is 84.5 cm³/mol. The van der Waals surface area contributed by atoms with Gasteiger partial charge in [0.25, 0.3) is 5.91 Å². The molecular weight excluding hydrogens is 282 g/mol. The first kappa shape index (κ1) is 14.3. The number of rotatable bonds is 4. The normalized spacial score (nSPS) is 18.9. The van der Waals surface area contributed by atoms with E-state index in [0.717, 1.165) is 32.2 Å². The van der Waals surface area contributed by atoms with Crippen LogP contribution in [0.4, 0.5) is 0 Å². The molecule has 1 atom stereocenters. The number of hydrogen-bond donors (Lipinski definition) is 0. The number of aryl methyl sites for hydroxylation is 2. The number of carbonyl (C=O) groups excluding carboxylic acids is 1. The van der Waals surface area contributed by atoms with Crippen LogP contribution in [0.15, 0.2) is 30.0 Å². The third-order valence-electron chi connectivity index (χ3n) is 4.23. The van der Waals surface area contributed by atoms with E-state index in [1.165, 1.54) is 11.3 Å². The van der Waals surface area contributed by atoms with Crippen molar-refractivity contribution < 1.29 is 4.79 Å². The van der Waals surface area contributed by atoms with Crippen LogP contribution in [0.1, 0.15) is 41.0 Å². The average Bonchev–Trinajstić information content (AvgIpc) is 3.16. The van der Waals surface area contributed by atoms with Gasteiger partial charge in [-0.2, -0.15) is 0 Å². The summed E-state index contributed by atoms with van der Waals surface area (Å²) in [6.45, 7) is 0.874. The Balaban J connectivity index is 1.69. The molecule has 1 aliphatic rings. The average molecular weight is 303 g/mol. The van der Waals surface area contributed by atoms with Gasteiger partial charge in [-0.25, -0.2) is 4.98 Å². The molecule has 2 aromatic heterocycles. The minimum Gasteiger partial charge on any atom is -0.334 e. The topological polar surface area (TPSA) is 38.1 Å². The lowest BCUT2D eigenvalue weighted by molar-refractivity contribution is 0.0592. The summed E-state index contributed by atoms with van der Waals surface area (Å²) < 4.78 is 1.81. The lowest BCUT2D eigenvalue weighted by atomic mass is 9.97. The van der Waals surface area contributed by atoms with Crippen LogP contribution in [0.5, 0.6) is 0 Å². The number of amides is 1. The van der Waals surface area contributed by atoms with Gasteiger partial charge < -0.3 is 9.47 Å². The highest BCUT2D eigenvalue weighted by atomic mass is 32.1. The summed E-state index contributed by atoms with van der Waals surface area (Å²) in [7, 11) is 1.88. The summed E-state index contributed by atoms with van der Waals surface area (Å²) in [5, 5.41) is 2.12. The van der Waals surface area contributed by atoms with Crippen LogP contribution < -0.4 is 0 Å². The van der Waals surface area contributed by atoms with Gasteiger partial charge in [-0.1, -0.05) is 6.07 Å². The standard InChI is InChI=1S/C16H21N3OS/c1-18-12-17-11-15(18)16(20)19-9-3-2-5-13(19)7-8-14-6-4-10-21-14/h4,6,10-13H,2-3,5,7-9H2,1H3. The molecule has 0 saturated carbocycles. The SMILES string of the molecule is Cn1cncc1C(=O)N1CCCCC1CCc1cccs1. The van der Waals surface area contributed by atoms with Gasteiger partial charge in [-0.05, 0) is 43.6 Å². The molecule has 1 amide bonds. The van der Waals surface area contributed by atoms with Gasteiger partial charge in [0, 0.05) is 24.5 Å². The van der Waals surface area contributed by atoms with Gasteiger partial charge in [-0.3, -0.25) is 4.79 Å². The van der Waals surface area contributed by atoms with Gasteiger partial charge >= 0.3 is 0 Å². The summed E-state index contributed by atoms with van der Waals surface area (Å²) >= 11 is 1.80. The maximum Gasteiger partial charge on any atom is 0.272 e. The molecule has 2 aromatic rings. The van der Waals surface area contributed by atoms with Crippen molar-refractivity contribution >= 4 is 17.2 Å². The van der Waals surface area contributed by atoms with Crippen LogP contribution in [0.3, 0.4) is 0 Å². The lowest BCUT2D eigenvalue weighted by Gasteiger charge is -2.35. The molecule has 3 heterocycles. The quantitative estimate of drug-likeness (QED) is 0.870. The summed E-state index contributed by atoms with van der Waals surface area (Å²) in [6.07, 6.45) is 8.95. The Morgan fingerprint density at radius 2 is 2.38 bits per heavy atom. The zero-order chi connectivity index (χ0) is 14.7. The second-order valence-corrected chi connectivity index (χ2v) is 6.69. The molecule has 1 saturated heterocycles. The summed E-state index contributed by atoms with van der Waals surface area (Å²) in [5.41, 5.74) is 0.693. The van der Waals surface area contributed by atoms with E-state index in [1.807, 2.05) is 11.6 Å². The second-order valence-electron chi connectivity index (χ2n) is 5.66. The van der Waals surface area contributed by atoms with Crippen molar-refractivity contribution in [2.75, 3.05) is 6.54 Å². The molecule has 5 heteroatoms. The Hall–Kier alpha value is -1.62. The maximum atomic E-state index is 12.7. The van der Waals surface area contributed by atoms with E-state index in [2.05, 4.69) is 27.4 Å². The number of imidazole rings is 1. The van der Waals surface area contributed by atoms with E-state index in [4.69, 9.17) is 0 Å². The van der Waals surface area contributed by atoms with Crippen molar-refractivity contribution in [2.45, 2.75) is 38.1 Å². The molecule has 0 radical (unpaired) electrons. The van der Waals surface area contributed by atoms with Gasteiger partial charge in [-0.15, -0.1) is 11.3 Å². The Morgan fingerprint density at radius 1 is 1.48 bits per heavy atom. The third kappa shape index (κ3) is 3.18. The first-order valence-electron chi connectivity index (χ1n) is 7.55. The molecule has 1 aliphatic heterocycles. The molecule has 21 heavy (non-hydrogen) atoms. The van der Waals surface area contributed by atoms with Gasteiger partial charge in [0.1, 0.15) is 5.69 Å². The first-order chi connectivity index (χ1) is 10.3. The van der Waals surface area contributed by atoms with E-state index in [-0.39, 0.29) is 5.91 Å². The first-order valence-corrected chi connectivity index (χ1v) is 8.43. The fourth-order valence-corrected chi connectivity index (χ4v) is 3.77. The highest BCUT2D eigenvalue weighted by Crippen LogP contribution is 2.24. The van der Waals surface area contributed by atoms with Gasteiger partial charge in [0.2, 0.25) is 0 Å². The number of piperidine rings is 1. The predicted octanol–water partition coefficient (Wildman–Crippen LogP) is 3.11. The van der Waals surface area contributed by atoms with Crippen molar-refractivity contribution in [3.63, 3.8) is 0 Å². The molecule has 0 N–H and O–H groups in total. The largest absolute Gasteiger partial charge is 0.334 e. The number of hydrogen-bond acceptors (Lipinski definition) is 3. The molecule has 1 fully saturated rings. The summed E-state index contributed by atoms with van der Waals surface area (Å²) in [5.74, 6) is 0.130. The molecule has 112 valence electrons. The number of aromatic nitrogens is 2. The number of carbonyl (C=O) groups is 1. The van der Waals surface area contributed by atoms with Crippen LogP contribution in [0.2, 0.25) is 0 Å². The minimum atomic E-state index is 0.130.